The van der Waals surface area contributed by atoms with E-state index in [2.05, 4.69) is 20.0 Å². The number of morpholine rings is 1. The first kappa shape index (κ1) is 20.7. The highest BCUT2D eigenvalue weighted by Crippen LogP contribution is 2.38. The number of nitrogens with one attached hydrogen (secondary N) is 1. The zero-order valence-electron chi connectivity index (χ0n) is 16.6. The Bertz CT molecular complexity index is 1230. The maximum Gasteiger partial charge on any atom is 0.291 e. The van der Waals surface area contributed by atoms with E-state index in [1.807, 2.05) is 11.8 Å². The van der Waals surface area contributed by atoms with Crippen LogP contribution in [0.1, 0.15) is 31.2 Å². The van der Waals surface area contributed by atoms with Crippen LogP contribution in [0, 0.1) is 0 Å². The molecule has 0 amide bonds. The smallest absolute Gasteiger partial charge is 0.291 e. The first-order chi connectivity index (χ1) is 14.8. The molecule has 2 aliphatic rings. The second-order valence-electron chi connectivity index (χ2n) is 7.92. The van der Waals surface area contributed by atoms with Crippen LogP contribution in [0.2, 0.25) is 0 Å². The Kier molecular flexibility index (Phi) is 4.95. The zero-order chi connectivity index (χ0) is 21.8. The van der Waals surface area contributed by atoms with Crippen molar-refractivity contribution in [3.63, 3.8) is 0 Å². The molecule has 5 rings (SSSR count). The third-order valence-corrected chi connectivity index (χ3v) is 8.04. The minimum atomic E-state index is -3.79. The van der Waals surface area contributed by atoms with E-state index in [4.69, 9.17) is 4.74 Å². The molecule has 1 N–H and O–H groups in total. The van der Waals surface area contributed by atoms with Crippen LogP contribution in [0.4, 0.5) is 14.6 Å². The van der Waals surface area contributed by atoms with Gasteiger partial charge in [-0.3, -0.25) is 0 Å². The third-order valence-electron chi connectivity index (χ3n) is 5.46. The molecule has 1 saturated heterocycles. The monoisotopic (exact) mass is 470 g/mol. The average molecular weight is 471 g/mol. The first-order valence-corrected chi connectivity index (χ1v) is 12.1. The van der Waals surface area contributed by atoms with Crippen molar-refractivity contribution in [3.05, 3.63) is 23.3 Å². The Labute approximate surface area is 181 Å². The number of rotatable bonds is 6. The van der Waals surface area contributed by atoms with Gasteiger partial charge < -0.3 is 9.64 Å². The van der Waals surface area contributed by atoms with Gasteiger partial charge in [0.15, 0.2) is 10.0 Å². The minimum absolute atomic E-state index is 0.0926. The fourth-order valence-electron chi connectivity index (χ4n) is 3.49. The number of ether oxygens (including phenoxy) is 1. The molecule has 1 aliphatic carbocycles. The van der Waals surface area contributed by atoms with E-state index in [9.17, 15) is 17.2 Å². The maximum atomic E-state index is 13.1. The van der Waals surface area contributed by atoms with Gasteiger partial charge in [0.2, 0.25) is 10.0 Å². The molecule has 3 aromatic rings. The van der Waals surface area contributed by atoms with Crippen LogP contribution < -0.4 is 9.62 Å². The summed E-state index contributed by atoms with van der Waals surface area (Å²) in [5.74, 6) is 0.590. The third kappa shape index (κ3) is 3.90. The van der Waals surface area contributed by atoms with Crippen LogP contribution in [0.3, 0.4) is 0 Å². The van der Waals surface area contributed by atoms with Crippen LogP contribution in [0.5, 0.6) is 0 Å². The van der Waals surface area contributed by atoms with E-state index in [1.54, 1.807) is 10.6 Å². The van der Waals surface area contributed by atoms with E-state index in [0.29, 0.717) is 43.2 Å². The van der Waals surface area contributed by atoms with Crippen molar-refractivity contribution >= 4 is 32.7 Å². The molecule has 2 fully saturated rings. The highest BCUT2D eigenvalue weighted by atomic mass is 32.2. The van der Waals surface area contributed by atoms with E-state index in [0.717, 1.165) is 24.2 Å². The number of pyridine rings is 1. The number of alkyl halides is 2. The molecule has 1 aliphatic heterocycles. The maximum absolute atomic E-state index is 13.1. The molecule has 0 atom stereocenters. The molecule has 1 saturated carbocycles. The summed E-state index contributed by atoms with van der Waals surface area (Å²) in [5, 5.41) is 11.7. The number of hydrogen-bond acceptors (Lipinski definition) is 8. The molecule has 9 nitrogen and oxygen atoms in total. The highest BCUT2D eigenvalue weighted by Gasteiger charge is 2.41. The fourth-order valence-corrected chi connectivity index (χ4v) is 5.70. The fraction of sp³-hybridized carbons (Fsp3) is 0.500. The lowest BCUT2D eigenvalue weighted by Crippen LogP contribution is -2.38. The number of halogens is 2. The largest absolute Gasteiger partial charge is 0.378 e. The molecular weight excluding hydrogens is 450 g/mol. The summed E-state index contributed by atoms with van der Waals surface area (Å²) in [7, 11) is -3.79. The quantitative estimate of drug-likeness (QED) is 0.591. The lowest BCUT2D eigenvalue weighted by Gasteiger charge is -2.29. The standard InChI is InChI=1S/C18H20F2N6O3S2/c1-18(2-3-18)24-31(27,28)11-8-13-12(16-22-23-17(30-16)15(19)20)10-21-26(13)14(9-11)25-4-6-29-7-5-25/h8-10,15,24H,2-7H2,1H3. The van der Waals surface area contributed by atoms with Gasteiger partial charge in [0.25, 0.3) is 6.43 Å². The summed E-state index contributed by atoms with van der Waals surface area (Å²) in [5.41, 5.74) is 0.481. The molecule has 4 heterocycles. The van der Waals surface area contributed by atoms with Crippen LogP contribution in [-0.2, 0) is 14.8 Å². The Morgan fingerprint density at radius 1 is 1.23 bits per heavy atom. The normalized spacial score (nSPS) is 18.8. The van der Waals surface area contributed by atoms with Crippen molar-refractivity contribution in [1.82, 2.24) is 24.5 Å². The molecule has 166 valence electrons. The Balaban J connectivity index is 1.66. The molecule has 13 heteroatoms. The first-order valence-electron chi connectivity index (χ1n) is 9.76. The predicted octanol–water partition coefficient (Wildman–Crippen LogP) is 2.46. The Hall–Kier alpha value is -2.22. The van der Waals surface area contributed by atoms with Gasteiger partial charge in [-0.1, -0.05) is 11.3 Å². The van der Waals surface area contributed by atoms with E-state index in [1.165, 1.54) is 12.3 Å². The Morgan fingerprint density at radius 2 is 1.97 bits per heavy atom. The lowest BCUT2D eigenvalue weighted by atomic mass is 10.2. The molecule has 3 aromatic heterocycles. The van der Waals surface area contributed by atoms with Crippen molar-refractivity contribution in [2.45, 2.75) is 36.6 Å². The van der Waals surface area contributed by atoms with Gasteiger partial charge in [-0.15, -0.1) is 10.2 Å². The van der Waals surface area contributed by atoms with Crippen molar-refractivity contribution in [2.75, 3.05) is 31.2 Å². The SMILES string of the molecule is CC1(NS(=O)(=O)c2cc(N3CCOCC3)n3ncc(-c4nnc(C(F)F)s4)c3c2)CC1. The molecule has 0 aromatic carbocycles. The number of anilines is 1. The molecule has 0 bridgehead atoms. The second-order valence-corrected chi connectivity index (χ2v) is 10.6. The van der Waals surface area contributed by atoms with Crippen molar-refractivity contribution in [3.8, 4) is 10.6 Å². The average Bonchev–Trinajstić information content (AvgIpc) is 3.13. The molecular formula is C18H20F2N6O3S2. The van der Waals surface area contributed by atoms with Gasteiger partial charge in [-0.05, 0) is 25.8 Å². The summed E-state index contributed by atoms with van der Waals surface area (Å²) < 4.78 is 62.0. The van der Waals surface area contributed by atoms with Crippen LogP contribution >= 0.6 is 11.3 Å². The van der Waals surface area contributed by atoms with Gasteiger partial charge in [0.05, 0.1) is 35.4 Å². The summed E-state index contributed by atoms with van der Waals surface area (Å²) in [4.78, 5) is 2.09. The molecule has 0 radical (unpaired) electrons. The van der Waals surface area contributed by atoms with Crippen LogP contribution in [0.25, 0.3) is 16.1 Å². The molecule has 31 heavy (non-hydrogen) atoms. The van der Waals surface area contributed by atoms with Gasteiger partial charge in [0, 0.05) is 24.7 Å². The van der Waals surface area contributed by atoms with Gasteiger partial charge in [-0.2, -0.15) is 5.10 Å². The predicted molar refractivity (Wildman–Crippen MR) is 110 cm³/mol. The van der Waals surface area contributed by atoms with Crippen LogP contribution in [0.15, 0.2) is 23.2 Å². The van der Waals surface area contributed by atoms with Gasteiger partial charge in [0.1, 0.15) is 5.82 Å². The second kappa shape index (κ2) is 7.43. The van der Waals surface area contributed by atoms with E-state index >= 15 is 0 Å². The number of sulfonamides is 1. The zero-order valence-corrected chi connectivity index (χ0v) is 18.2. The minimum Gasteiger partial charge on any atom is -0.378 e. The Morgan fingerprint density at radius 3 is 2.61 bits per heavy atom. The van der Waals surface area contributed by atoms with Gasteiger partial charge in [-0.25, -0.2) is 26.4 Å². The molecule has 0 spiro atoms. The summed E-state index contributed by atoms with van der Waals surface area (Å²) in [6.07, 6.45) is 0.339. The number of fused-ring (bicyclic) bond motifs is 1. The number of aromatic nitrogens is 4. The summed E-state index contributed by atoms with van der Waals surface area (Å²) >= 11 is 0.764. The summed E-state index contributed by atoms with van der Waals surface area (Å²) in [6, 6.07) is 3.09. The lowest BCUT2D eigenvalue weighted by molar-refractivity contribution is 0.122. The van der Waals surface area contributed by atoms with Crippen molar-refractivity contribution < 1.29 is 21.9 Å². The number of nitrogens with zero attached hydrogens (tertiary/aromatic N) is 5. The topological polar surface area (TPSA) is 102 Å². The van der Waals surface area contributed by atoms with E-state index < -0.39 is 27.0 Å². The van der Waals surface area contributed by atoms with Crippen LogP contribution in [-0.4, -0.2) is 60.1 Å². The van der Waals surface area contributed by atoms with Gasteiger partial charge >= 0.3 is 0 Å². The van der Waals surface area contributed by atoms with Crippen molar-refractivity contribution in [2.24, 2.45) is 0 Å². The van der Waals surface area contributed by atoms with Crippen molar-refractivity contribution in [1.29, 1.82) is 0 Å². The highest BCUT2D eigenvalue weighted by molar-refractivity contribution is 7.89. The summed E-state index contributed by atoms with van der Waals surface area (Å²) in [6.45, 7) is 4.04. The molecule has 0 unspecified atom stereocenters. The number of hydrogen-bond donors (Lipinski definition) is 1. The van der Waals surface area contributed by atoms with E-state index in [-0.39, 0.29) is 9.90 Å².